The monoisotopic (exact) mass is 309 g/mol. The zero-order chi connectivity index (χ0) is 16.1. The quantitative estimate of drug-likeness (QED) is 0.941. The number of hydrogen-bond acceptors (Lipinski definition) is 3. The van der Waals surface area contributed by atoms with Gasteiger partial charge in [-0.25, -0.2) is 4.79 Å². The molecular formula is C18H19N3O2. The van der Waals surface area contributed by atoms with E-state index in [2.05, 4.69) is 10.5 Å². The molecule has 2 aromatic rings. The van der Waals surface area contributed by atoms with Crippen LogP contribution in [0.3, 0.4) is 0 Å². The van der Waals surface area contributed by atoms with Gasteiger partial charge in [0, 0.05) is 19.2 Å². The average molecular weight is 309 g/mol. The van der Waals surface area contributed by atoms with Crippen molar-refractivity contribution < 1.29 is 9.63 Å². The van der Waals surface area contributed by atoms with E-state index in [0.29, 0.717) is 13.0 Å². The van der Waals surface area contributed by atoms with Crippen LogP contribution in [0.5, 0.6) is 0 Å². The van der Waals surface area contributed by atoms with Crippen molar-refractivity contribution in [3.63, 3.8) is 0 Å². The maximum atomic E-state index is 12.2. The summed E-state index contributed by atoms with van der Waals surface area (Å²) in [5.74, 6) is 0. The molecule has 1 unspecified atom stereocenters. The Morgan fingerprint density at radius 3 is 2.52 bits per heavy atom. The average Bonchev–Trinajstić information content (AvgIpc) is 3.05. The van der Waals surface area contributed by atoms with Crippen LogP contribution < -0.4 is 5.32 Å². The number of amides is 2. The molecule has 5 heteroatoms. The van der Waals surface area contributed by atoms with Crippen molar-refractivity contribution in [2.24, 2.45) is 5.16 Å². The minimum atomic E-state index is -0.159. The molecule has 0 fully saturated rings. The van der Waals surface area contributed by atoms with Gasteiger partial charge in [0.2, 0.25) is 0 Å². The van der Waals surface area contributed by atoms with Crippen molar-refractivity contribution in [3.05, 3.63) is 66.2 Å². The highest BCUT2D eigenvalue weighted by molar-refractivity contribution is 6.01. The second kappa shape index (κ2) is 6.96. The van der Waals surface area contributed by atoms with E-state index in [9.17, 15) is 4.79 Å². The molecule has 0 spiro atoms. The molecule has 0 saturated heterocycles. The van der Waals surface area contributed by atoms with Crippen LogP contribution in [0.25, 0.3) is 0 Å². The Morgan fingerprint density at radius 1 is 1.17 bits per heavy atom. The van der Waals surface area contributed by atoms with E-state index < -0.39 is 0 Å². The first kappa shape index (κ1) is 15.1. The number of urea groups is 1. The third-order valence-corrected chi connectivity index (χ3v) is 3.69. The first-order valence-electron chi connectivity index (χ1n) is 7.57. The summed E-state index contributed by atoms with van der Waals surface area (Å²) in [6.07, 6.45) is 0.587. The van der Waals surface area contributed by atoms with Gasteiger partial charge in [-0.05, 0) is 17.7 Å². The fraction of sp³-hybridized carbons (Fsp3) is 0.222. The predicted octanol–water partition coefficient (Wildman–Crippen LogP) is 3.34. The number of carbonyl (C=O) groups excluding carboxylic acids is 1. The summed E-state index contributed by atoms with van der Waals surface area (Å²) in [5.41, 5.74) is 2.76. The molecule has 3 rings (SSSR count). The lowest BCUT2D eigenvalue weighted by Gasteiger charge is -2.20. The standard InChI is InChI=1S/C18H19N3O2/c1-21(18(22)19-15-10-6-3-7-11-15)13-16-12-17(20-23-16)14-8-4-2-5-9-14/h2-11,16H,12-13H2,1H3,(H,19,22). The maximum absolute atomic E-state index is 12.2. The Bertz CT molecular complexity index is 686. The Hall–Kier alpha value is -2.82. The number of nitrogens with zero attached hydrogens (tertiary/aromatic N) is 2. The van der Waals surface area contributed by atoms with Crippen LogP contribution >= 0.6 is 0 Å². The summed E-state index contributed by atoms with van der Waals surface area (Å²) in [6, 6.07) is 19.2. The highest BCUT2D eigenvalue weighted by Crippen LogP contribution is 2.17. The van der Waals surface area contributed by atoms with Gasteiger partial charge in [-0.1, -0.05) is 53.7 Å². The number of likely N-dealkylation sites (N-methyl/N-ethyl adjacent to an activating group) is 1. The van der Waals surface area contributed by atoms with Gasteiger partial charge in [-0.3, -0.25) is 0 Å². The molecule has 1 aliphatic rings. The second-order valence-electron chi connectivity index (χ2n) is 5.51. The van der Waals surface area contributed by atoms with E-state index in [0.717, 1.165) is 17.0 Å². The molecule has 0 bridgehead atoms. The Balaban J connectivity index is 1.51. The largest absolute Gasteiger partial charge is 0.390 e. The predicted molar refractivity (Wildman–Crippen MR) is 90.6 cm³/mol. The highest BCUT2D eigenvalue weighted by atomic mass is 16.6. The van der Waals surface area contributed by atoms with E-state index in [1.54, 1.807) is 11.9 Å². The molecule has 1 aliphatic heterocycles. The highest BCUT2D eigenvalue weighted by Gasteiger charge is 2.25. The summed E-state index contributed by atoms with van der Waals surface area (Å²) >= 11 is 0. The van der Waals surface area contributed by atoms with Gasteiger partial charge in [0.15, 0.2) is 6.10 Å². The fourth-order valence-electron chi connectivity index (χ4n) is 2.46. The zero-order valence-corrected chi connectivity index (χ0v) is 13.0. The van der Waals surface area contributed by atoms with Crippen LogP contribution in [0, 0.1) is 0 Å². The van der Waals surface area contributed by atoms with Crippen molar-refractivity contribution in [2.45, 2.75) is 12.5 Å². The normalized spacial score (nSPS) is 16.4. The molecule has 5 nitrogen and oxygen atoms in total. The summed E-state index contributed by atoms with van der Waals surface area (Å²) in [7, 11) is 1.75. The van der Waals surface area contributed by atoms with Crippen molar-refractivity contribution in [2.75, 3.05) is 18.9 Å². The minimum Gasteiger partial charge on any atom is -0.390 e. The number of rotatable bonds is 4. The molecular weight excluding hydrogens is 290 g/mol. The molecule has 1 atom stereocenters. The van der Waals surface area contributed by atoms with Gasteiger partial charge >= 0.3 is 6.03 Å². The van der Waals surface area contributed by atoms with E-state index in [4.69, 9.17) is 4.84 Å². The molecule has 1 heterocycles. The summed E-state index contributed by atoms with van der Waals surface area (Å²) in [5, 5.41) is 6.99. The molecule has 0 saturated carbocycles. The van der Waals surface area contributed by atoms with Gasteiger partial charge in [0.05, 0.1) is 12.3 Å². The molecule has 0 aromatic heterocycles. The number of oxime groups is 1. The summed E-state index contributed by atoms with van der Waals surface area (Å²) in [6.45, 7) is 0.485. The Morgan fingerprint density at radius 2 is 1.83 bits per heavy atom. The molecule has 0 radical (unpaired) electrons. The number of para-hydroxylation sites is 1. The van der Waals surface area contributed by atoms with Crippen LogP contribution in [-0.4, -0.2) is 36.3 Å². The molecule has 2 aromatic carbocycles. The van der Waals surface area contributed by atoms with E-state index in [-0.39, 0.29) is 12.1 Å². The summed E-state index contributed by atoms with van der Waals surface area (Å²) < 4.78 is 0. The lowest BCUT2D eigenvalue weighted by Crippen LogP contribution is -2.37. The van der Waals surface area contributed by atoms with Gasteiger partial charge in [0.1, 0.15) is 0 Å². The lowest BCUT2D eigenvalue weighted by atomic mass is 10.1. The van der Waals surface area contributed by atoms with E-state index >= 15 is 0 Å². The number of carbonyl (C=O) groups is 1. The first-order valence-corrected chi connectivity index (χ1v) is 7.57. The molecule has 118 valence electrons. The molecule has 1 N–H and O–H groups in total. The SMILES string of the molecule is CN(CC1CC(c2ccccc2)=NO1)C(=O)Nc1ccccc1. The smallest absolute Gasteiger partial charge is 0.321 e. The van der Waals surface area contributed by atoms with Crippen LogP contribution in [-0.2, 0) is 4.84 Å². The molecule has 0 aliphatic carbocycles. The van der Waals surface area contributed by atoms with Gasteiger partial charge in [-0.15, -0.1) is 0 Å². The van der Waals surface area contributed by atoms with Crippen LogP contribution in [0.2, 0.25) is 0 Å². The lowest BCUT2D eigenvalue weighted by molar-refractivity contribution is 0.0672. The third-order valence-electron chi connectivity index (χ3n) is 3.69. The van der Waals surface area contributed by atoms with Crippen LogP contribution in [0.4, 0.5) is 10.5 Å². The number of benzene rings is 2. The van der Waals surface area contributed by atoms with Gasteiger partial charge < -0.3 is 15.1 Å². The second-order valence-corrected chi connectivity index (χ2v) is 5.51. The molecule has 23 heavy (non-hydrogen) atoms. The minimum absolute atomic E-state index is 0.114. The van der Waals surface area contributed by atoms with E-state index in [1.807, 2.05) is 60.7 Å². The Labute approximate surface area is 135 Å². The Kier molecular flexibility index (Phi) is 4.57. The number of hydrogen-bond donors (Lipinski definition) is 1. The molecule has 2 amide bonds. The van der Waals surface area contributed by atoms with Crippen molar-refractivity contribution in [3.8, 4) is 0 Å². The van der Waals surface area contributed by atoms with Crippen molar-refractivity contribution in [1.29, 1.82) is 0 Å². The maximum Gasteiger partial charge on any atom is 0.321 e. The van der Waals surface area contributed by atoms with Crippen molar-refractivity contribution in [1.82, 2.24) is 4.90 Å². The first-order chi connectivity index (χ1) is 11.2. The van der Waals surface area contributed by atoms with Gasteiger partial charge in [-0.2, -0.15) is 0 Å². The van der Waals surface area contributed by atoms with Crippen molar-refractivity contribution >= 4 is 17.4 Å². The topological polar surface area (TPSA) is 53.9 Å². The van der Waals surface area contributed by atoms with E-state index in [1.165, 1.54) is 0 Å². The zero-order valence-electron chi connectivity index (χ0n) is 13.0. The van der Waals surface area contributed by atoms with Crippen LogP contribution in [0.1, 0.15) is 12.0 Å². The van der Waals surface area contributed by atoms with Crippen LogP contribution in [0.15, 0.2) is 65.8 Å². The fourth-order valence-corrected chi connectivity index (χ4v) is 2.46. The number of anilines is 1. The third kappa shape index (κ3) is 3.88. The summed E-state index contributed by atoms with van der Waals surface area (Å²) in [4.78, 5) is 19.2. The van der Waals surface area contributed by atoms with Gasteiger partial charge in [0.25, 0.3) is 0 Å². The number of nitrogens with one attached hydrogen (secondary N) is 1.